The molecule has 9 nitrogen and oxygen atoms in total. The van der Waals surface area contributed by atoms with Crippen molar-refractivity contribution in [2.24, 2.45) is 0 Å². The smallest absolute Gasteiger partial charge is 0.269 e. The predicted octanol–water partition coefficient (Wildman–Crippen LogP) is 3.35. The molecule has 2 amide bonds. The summed E-state index contributed by atoms with van der Waals surface area (Å²) >= 11 is 7.43. The Morgan fingerprint density at radius 3 is 2.58 bits per heavy atom. The second-order valence-corrected chi connectivity index (χ2v) is 8.02. The summed E-state index contributed by atoms with van der Waals surface area (Å²) in [4.78, 5) is 39.1. The van der Waals surface area contributed by atoms with Crippen LogP contribution in [0.25, 0.3) is 11.3 Å². The number of nitro groups is 1. The first-order valence-corrected chi connectivity index (χ1v) is 10.5. The maximum atomic E-state index is 12.3. The van der Waals surface area contributed by atoms with Crippen molar-refractivity contribution in [2.45, 2.75) is 11.4 Å². The van der Waals surface area contributed by atoms with Gasteiger partial charge in [-0.25, -0.2) is 10.4 Å². The van der Waals surface area contributed by atoms with Crippen LogP contribution in [0.15, 0.2) is 60.0 Å². The topological polar surface area (TPSA) is 117 Å². The van der Waals surface area contributed by atoms with Crippen LogP contribution in [0.4, 0.5) is 10.8 Å². The van der Waals surface area contributed by atoms with Crippen LogP contribution >= 0.6 is 22.9 Å². The van der Waals surface area contributed by atoms with Gasteiger partial charge in [-0.05, 0) is 5.56 Å². The first-order chi connectivity index (χ1) is 14.9. The lowest BCUT2D eigenvalue weighted by molar-refractivity contribution is -0.384. The molecule has 1 aromatic heterocycles. The second-order valence-electron chi connectivity index (χ2n) is 6.69. The van der Waals surface area contributed by atoms with Gasteiger partial charge in [0.15, 0.2) is 5.13 Å². The number of carbonyl (C=O) groups excluding carboxylic acids is 2. The molecule has 0 radical (unpaired) electrons. The zero-order chi connectivity index (χ0) is 22.0. The maximum absolute atomic E-state index is 12.3. The van der Waals surface area contributed by atoms with Crippen LogP contribution < -0.4 is 10.7 Å². The largest absolute Gasteiger partial charge is 0.301 e. The quantitative estimate of drug-likeness (QED) is 0.243. The van der Waals surface area contributed by atoms with E-state index < -0.39 is 16.3 Å². The van der Waals surface area contributed by atoms with Crippen molar-refractivity contribution in [2.75, 3.05) is 11.9 Å². The van der Waals surface area contributed by atoms with E-state index in [-0.39, 0.29) is 24.0 Å². The van der Waals surface area contributed by atoms with E-state index in [0.717, 1.165) is 11.3 Å². The summed E-state index contributed by atoms with van der Waals surface area (Å²) in [6.07, 6.45) is 0. The molecule has 2 aromatic carbocycles. The summed E-state index contributed by atoms with van der Waals surface area (Å²) in [5.41, 5.74) is 5.05. The number of hydrogen-bond donors (Lipinski definition) is 2. The van der Waals surface area contributed by atoms with Crippen molar-refractivity contribution < 1.29 is 14.5 Å². The van der Waals surface area contributed by atoms with E-state index in [9.17, 15) is 19.7 Å². The molecule has 158 valence electrons. The number of alkyl halides is 1. The SMILES string of the molecule is O=C(CNN1C(=O)C(Cl)C1c1ccc([N+](=O)[O-])cc1)Nc1nc(-c2ccccc2)cs1. The number of hydrazine groups is 1. The number of nitrogens with zero attached hydrogens (tertiary/aromatic N) is 3. The number of thiazole rings is 1. The molecule has 2 atom stereocenters. The van der Waals surface area contributed by atoms with Crippen LogP contribution in [0.2, 0.25) is 0 Å². The van der Waals surface area contributed by atoms with Crippen molar-refractivity contribution >= 4 is 45.6 Å². The zero-order valence-corrected chi connectivity index (χ0v) is 17.5. The number of aromatic nitrogens is 1. The fourth-order valence-electron chi connectivity index (χ4n) is 3.13. The van der Waals surface area contributed by atoms with E-state index >= 15 is 0 Å². The Labute approximate surface area is 185 Å². The normalized spacial score (nSPS) is 17.8. The van der Waals surface area contributed by atoms with Crippen LogP contribution in [0, 0.1) is 10.1 Å². The molecular formula is C20H16ClN5O4S. The number of carbonyl (C=O) groups is 2. The van der Waals surface area contributed by atoms with Gasteiger partial charge in [0.25, 0.3) is 11.6 Å². The van der Waals surface area contributed by atoms with Crippen molar-refractivity contribution in [3.05, 3.63) is 75.7 Å². The number of anilines is 1. The Balaban J connectivity index is 1.35. The molecular weight excluding hydrogens is 442 g/mol. The van der Waals surface area contributed by atoms with E-state index in [2.05, 4.69) is 15.7 Å². The Hall–Kier alpha value is -3.34. The van der Waals surface area contributed by atoms with Crippen LogP contribution in [0.1, 0.15) is 11.6 Å². The lowest BCUT2D eigenvalue weighted by Crippen LogP contribution is -2.62. The molecule has 31 heavy (non-hydrogen) atoms. The third-order valence-electron chi connectivity index (χ3n) is 4.70. The summed E-state index contributed by atoms with van der Waals surface area (Å²) < 4.78 is 0. The van der Waals surface area contributed by atoms with Crippen LogP contribution in [-0.4, -0.2) is 38.7 Å². The number of non-ortho nitro benzene ring substituents is 1. The van der Waals surface area contributed by atoms with E-state index in [0.29, 0.717) is 10.7 Å². The molecule has 3 aromatic rings. The fourth-order valence-corrected chi connectivity index (χ4v) is 4.23. The zero-order valence-electron chi connectivity index (χ0n) is 15.9. The average Bonchev–Trinajstić information content (AvgIpc) is 3.25. The first-order valence-electron chi connectivity index (χ1n) is 9.20. The molecule has 0 bridgehead atoms. The minimum atomic E-state index is -0.815. The third kappa shape index (κ3) is 4.41. The fraction of sp³-hybridized carbons (Fsp3) is 0.150. The van der Waals surface area contributed by atoms with Gasteiger partial charge in [0, 0.05) is 23.1 Å². The molecule has 4 rings (SSSR count). The number of benzene rings is 2. The summed E-state index contributed by atoms with van der Waals surface area (Å²) in [6, 6.07) is 14.8. The number of amides is 2. The number of rotatable bonds is 7. The van der Waals surface area contributed by atoms with Crippen LogP contribution in [0.3, 0.4) is 0 Å². The van der Waals surface area contributed by atoms with Gasteiger partial charge in [-0.15, -0.1) is 22.9 Å². The number of β-lactam (4-membered cyclic amide) rings is 1. The van der Waals surface area contributed by atoms with Gasteiger partial charge in [0.05, 0.1) is 23.2 Å². The van der Waals surface area contributed by atoms with Crippen molar-refractivity contribution in [3.63, 3.8) is 0 Å². The molecule has 0 aliphatic carbocycles. The van der Waals surface area contributed by atoms with Gasteiger partial charge in [-0.2, -0.15) is 0 Å². The molecule has 0 saturated carbocycles. The van der Waals surface area contributed by atoms with Crippen molar-refractivity contribution in [1.29, 1.82) is 0 Å². The van der Waals surface area contributed by atoms with Crippen LogP contribution in [-0.2, 0) is 9.59 Å². The highest BCUT2D eigenvalue weighted by atomic mass is 35.5. The minimum absolute atomic E-state index is 0.0577. The summed E-state index contributed by atoms with van der Waals surface area (Å²) in [7, 11) is 0. The van der Waals surface area contributed by atoms with Crippen LogP contribution in [0.5, 0.6) is 0 Å². The van der Waals surface area contributed by atoms with E-state index in [1.54, 1.807) is 12.1 Å². The lowest BCUT2D eigenvalue weighted by Gasteiger charge is -2.44. The summed E-state index contributed by atoms with van der Waals surface area (Å²) in [6.45, 7) is -0.168. The third-order valence-corrected chi connectivity index (χ3v) is 5.89. The summed E-state index contributed by atoms with van der Waals surface area (Å²) in [5.74, 6) is -0.749. The number of halogens is 1. The monoisotopic (exact) mass is 457 g/mol. The molecule has 1 aliphatic heterocycles. The molecule has 1 fully saturated rings. The highest BCUT2D eigenvalue weighted by molar-refractivity contribution is 7.14. The number of nitrogens with one attached hydrogen (secondary N) is 2. The Bertz CT molecular complexity index is 1120. The maximum Gasteiger partial charge on any atom is 0.269 e. The first kappa shape index (κ1) is 20.9. The second kappa shape index (κ2) is 8.80. The van der Waals surface area contributed by atoms with Gasteiger partial charge >= 0.3 is 0 Å². The highest BCUT2D eigenvalue weighted by Crippen LogP contribution is 2.37. The van der Waals surface area contributed by atoms with E-state index in [1.807, 2.05) is 35.7 Å². The molecule has 2 N–H and O–H groups in total. The number of hydrogen-bond acceptors (Lipinski definition) is 7. The van der Waals surface area contributed by atoms with E-state index in [4.69, 9.17) is 11.6 Å². The number of nitro benzene ring substituents is 1. The van der Waals surface area contributed by atoms with Gasteiger partial charge in [0.2, 0.25) is 5.91 Å². The van der Waals surface area contributed by atoms with Gasteiger partial charge in [-0.3, -0.25) is 24.7 Å². The Morgan fingerprint density at radius 1 is 1.19 bits per heavy atom. The Morgan fingerprint density at radius 2 is 1.90 bits per heavy atom. The van der Waals surface area contributed by atoms with Gasteiger partial charge in [-0.1, -0.05) is 42.5 Å². The van der Waals surface area contributed by atoms with Gasteiger partial charge < -0.3 is 5.32 Å². The summed E-state index contributed by atoms with van der Waals surface area (Å²) in [5, 5.41) is 16.2. The molecule has 11 heteroatoms. The minimum Gasteiger partial charge on any atom is -0.301 e. The molecule has 1 aliphatic rings. The molecule has 1 saturated heterocycles. The Kier molecular flexibility index (Phi) is 5.94. The molecule has 2 unspecified atom stereocenters. The standard InChI is InChI=1S/C20H16ClN5O4S/c21-17-18(13-6-8-14(9-7-13)26(29)30)25(19(17)28)22-10-16(27)24-20-23-15(11-31-20)12-4-2-1-3-5-12/h1-9,11,17-18,22H,10H2,(H,23,24,27). The average molecular weight is 458 g/mol. The highest BCUT2D eigenvalue weighted by Gasteiger charge is 2.47. The van der Waals surface area contributed by atoms with E-state index in [1.165, 1.54) is 28.5 Å². The molecule has 2 heterocycles. The van der Waals surface area contributed by atoms with Gasteiger partial charge in [0.1, 0.15) is 5.38 Å². The lowest BCUT2D eigenvalue weighted by atomic mass is 9.95. The predicted molar refractivity (Wildman–Crippen MR) is 117 cm³/mol. The molecule has 0 spiro atoms. The van der Waals surface area contributed by atoms with Crippen molar-refractivity contribution in [3.8, 4) is 11.3 Å². The van der Waals surface area contributed by atoms with Crippen molar-refractivity contribution in [1.82, 2.24) is 15.4 Å².